The SMILES string of the molecule is COc1cc(C2(O)OC(=O)C(c3ccc4nsnc4c3)=C2Cc2cc(OC)c(OC(C)C)c(OC(C)C)c2)cc(OC)c1OC.COc1cc(C=O)cc(OC(C)C)c1OC(C)C. The fourth-order valence-electron chi connectivity index (χ4n) is 6.78. The molecule has 0 fully saturated rings. The Hall–Kier alpha value is -6.26. The first-order valence-electron chi connectivity index (χ1n) is 20.3. The summed E-state index contributed by atoms with van der Waals surface area (Å²) < 4.78 is 65.6. The second-order valence-electron chi connectivity index (χ2n) is 15.4. The van der Waals surface area contributed by atoms with Gasteiger partial charge in [-0.25, -0.2) is 4.79 Å². The molecule has 16 heteroatoms. The Labute approximate surface area is 372 Å². The van der Waals surface area contributed by atoms with E-state index in [1.165, 1.54) is 28.4 Å². The van der Waals surface area contributed by atoms with E-state index in [1.54, 1.807) is 55.6 Å². The molecule has 15 nitrogen and oxygen atoms in total. The van der Waals surface area contributed by atoms with Crippen molar-refractivity contribution in [3.8, 4) is 51.7 Å². The van der Waals surface area contributed by atoms with Gasteiger partial charge in [0, 0.05) is 23.1 Å². The number of hydrogen-bond donors (Lipinski definition) is 1. The molecule has 0 bridgehead atoms. The summed E-state index contributed by atoms with van der Waals surface area (Å²) in [5, 5.41) is 12.4. The number of carbonyl (C=O) groups is 2. The molecule has 0 radical (unpaired) electrons. The van der Waals surface area contributed by atoms with Crippen molar-refractivity contribution in [3.05, 3.63) is 82.4 Å². The minimum Gasteiger partial charge on any atom is -0.493 e. The average Bonchev–Trinajstić information content (AvgIpc) is 3.81. The van der Waals surface area contributed by atoms with Gasteiger partial charge in [0.15, 0.2) is 34.5 Å². The molecule has 1 atom stereocenters. The molecule has 0 aliphatic carbocycles. The molecule has 1 aliphatic rings. The van der Waals surface area contributed by atoms with Crippen LogP contribution in [0.2, 0.25) is 0 Å². The monoisotopic (exact) mass is 888 g/mol. The van der Waals surface area contributed by atoms with Crippen LogP contribution >= 0.6 is 11.7 Å². The number of fused-ring (bicyclic) bond motifs is 1. The highest BCUT2D eigenvalue weighted by atomic mass is 32.1. The molecular weight excluding hydrogens is 833 g/mol. The highest BCUT2D eigenvalue weighted by molar-refractivity contribution is 7.00. The summed E-state index contributed by atoms with van der Waals surface area (Å²) >= 11 is 1.07. The van der Waals surface area contributed by atoms with Gasteiger partial charge in [0.05, 0.1) is 77.3 Å². The molecule has 1 unspecified atom stereocenters. The van der Waals surface area contributed by atoms with E-state index in [0.29, 0.717) is 68.0 Å². The van der Waals surface area contributed by atoms with E-state index in [9.17, 15) is 14.7 Å². The summed E-state index contributed by atoms with van der Waals surface area (Å²) in [5.41, 5.74) is 3.67. The summed E-state index contributed by atoms with van der Waals surface area (Å²) in [4.78, 5) is 24.6. The number of cyclic esters (lactones) is 1. The van der Waals surface area contributed by atoms with Crippen LogP contribution < -0.4 is 42.6 Å². The van der Waals surface area contributed by atoms with Gasteiger partial charge < -0.3 is 52.5 Å². The number of esters is 1. The van der Waals surface area contributed by atoms with Crippen molar-refractivity contribution in [1.29, 1.82) is 0 Å². The van der Waals surface area contributed by atoms with Crippen LogP contribution in [0.15, 0.2) is 60.2 Å². The van der Waals surface area contributed by atoms with Gasteiger partial charge in [0.2, 0.25) is 17.2 Å². The van der Waals surface area contributed by atoms with Crippen LogP contribution in [0.4, 0.5) is 0 Å². The molecule has 6 rings (SSSR count). The first-order valence-corrected chi connectivity index (χ1v) is 21.0. The molecule has 1 N–H and O–H groups in total. The Bertz CT molecular complexity index is 2420. The highest BCUT2D eigenvalue weighted by Crippen LogP contribution is 2.50. The number of ether oxygens (including phenoxy) is 10. The number of benzene rings is 4. The predicted octanol–water partition coefficient (Wildman–Crippen LogP) is 8.78. The molecule has 5 aromatic rings. The molecule has 0 saturated carbocycles. The standard InChI is InChI=1S/C33H36N2O9S.C14H20O4/c1-17(2)42-28-13-19(12-25(38-5)31(28)43-18(3)4)11-22-29(20-9-10-23-24(14-20)35-45-34-23)32(36)44-33(22,37)21-15-26(39-6)30(41-8)27(16-21)40-7;1-9(2)17-13-7-11(8-15)6-12(16-5)14(13)18-10(3)4/h9-10,12-18,37H,11H2,1-8H3;6-10H,1-5H3. The lowest BCUT2D eigenvalue weighted by Gasteiger charge is -2.27. The normalized spacial score (nSPS) is 14.7. The van der Waals surface area contributed by atoms with Crippen molar-refractivity contribution >= 4 is 40.6 Å². The maximum absolute atomic E-state index is 13.8. The van der Waals surface area contributed by atoms with Gasteiger partial charge in [-0.3, -0.25) is 4.79 Å². The zero-order valence-electron chi connectivity index (χ0n) is 37.9. The first kappa shape index (κ1) is 47.8. The van der Waals surface area contributed by atoms with Crippen molar-refractivity contribution in [2.24, 2.45) is 0 Å². The van der Waals surface area contributed by atoms with Crippen molar-refractivity contribution < 1.29 is 62.1 Å². The molecule has 0 amide bonds. The number of methoxy groups -OCH3 is 5. The zero-order chi connectivity index (χ0) is 46.2. The van der Waals surface area contributed by atoms with Crippen molar-refractivity contribution in [2.75, 3.05) is 35.5 Å². The maximum atomic E-state index is 13.8. The molecule has 338 valence electrons. The van der Waals surface area contributed by atoms with Crippen molar-refractivity contribution in [3.63, 3.8) is 0 Å². The quantitative estimate of drug-likeness (QED) is 0.0653. The summed E-state index contributed by atoms with van der Waals surface area (Å²) in [7, 11) is 7.49. The van der Waals surface area contributed by atoms with Crippen LogP contribution in [0, 0.1) is 0 Å². The molecule has 4 aromatic carbocycles. The molecule has 1 aromatic heterocycles. The first-order chi connectivity index (χ1) is 30.0. The highest BCUT2D eigenvalue weighted by Gasteiger charge is 2.49. The van der Waals surface area contributed by atoms with Gasteiger partial charge in [0.25, 0.3) is 5.79 Å². The summed E-state index contributed by atoms with van der Waals surface area (Å²) in [6, 6.07) is 15.3. The van der Waals surface area contributed by atoms with E-state index in [4.69, 9.17) is 47.4 Å². The Morgan fingerprint density at radius 1 is 0.619 bits per heavy atom. The largest absolute Gasteiger partial charge is 0.493 e. The van der Waals surface area contributed by atoms with E-state index < -0.39 is 11.8 Å². The van der Waals surface area contributed by atoms with E-state index in [2.05, 4.69) is 8.75 Å². The van der Waals surface area contributed by atoms with E-state index in [1.807, 2.05) is 61.5 Å². The lowest BCUT2D eigenvalue weighted by atomic mass is 9.87. The molecule has 2 heterocycles. The summed E-state index contributed by atoms with van der Waals surface area (Å²) in [6.07, 6.45) is 0.500. The fraction of sp³-hybridized carbons (Fsp3) is 0.404. The maximum Gasteiger partial charge on any atom is 0.342 e. The van der Waals surface area contributed by atoms with Crippen LogP contribution in [0.5, 0.6) is 51.7 Å². The Morgan fingerprint density at radius 3 is 1.60 bits per heavy atom. The minimum atomic E-state index is -2.21. The van der Waals surface area contributed by atoms with Crippen LogP contribution in [-0.4, -0.2) is 86.1 Å². The van der Waals surface area contributed by atoms with Crippen LogP contribution in [0.25, 0.3) is 16.6 Å². The number of carbonyl (C=O) groups excluding carboxylic acids is 2. The number of aldehydes is 1. The van der Waals surface area contributed by atoms with Gasteiger partial charge in [-0.1, -0.05) is 6.07 Å². The zero-order valence-corrected chi connectivity index (χ0v) is 38.8. The van der Waals surface area contributed by atoms with Crippen LogP contribution in [-0.2, 0) is 21.7 Å². The molecule has 63 heavy (non-hydrogen) atoms. The van der Waals surface area contributed by atoms with E-state index >= 15 is 0 Å². The molecule has 0 spiro atoms. The number of nitrogens with zero attached hydrogens (tertiary/aromatic N) is 2. The van der Waals surface area contributed by atoms with Gasteiger partial charge >= 0.3 is 5.97 Å². The lowest BCUT2D eigenvalue weighted by Crippen LogP contribution is -2.30. The van der Waals surface area contributed by atoms with Crippen molar-refractivity contribution in [2.45, 2.75) is 92.0 Å². The second-order valence-corrected chi connectivity index (χ2v) is 15.9. The Morgan fingerprint density at radius 2 is 1.10 bits per heavy atom. The van der Waals surface area contributed by atoms with E-state index in [0.717, 1.165) is 18.0 Å². The van der Waals surface area contributed by atoms with Gasteiger partial charge in [-0.2, -0.15) is 8.75 Å². The fourth-order valence-corrected chi connectivity index (χ4v) is 7.30. The van der Waals surface area contributed by atoms with Gasteiger partial charge in [-0.15, -0.1) is 0 Å². The number of hydrogen-bond acceptors (Lipinski definition) is 16. The average molecular weight is 889 g/mol. The lowest BCUT2D eigenvalue weighted by molar-refractivity contribution is -0.185. The predicted molar refractivity (Wildman–Crippen MR) is 239 cm³/mol. The molecular formula is C47H56N2O13S. The van der Waals surface area contributed by atoms with E-state index in [-0.39, 0.29) is 59.0 Å². The topological polar surface area (TPSA) is 172 Å². The number of aromatic nitrogens is 2. The Kier molecular flexibility index (Phi) is 15.7. The molecule has 1 aliphatic heterocycles. The second kappa shape index (κ2) is 20.7. The van der Waals surface area contributed by atoms with Gasteiger partial charge in [0.1, 0.15) is 17.3 Å². The molecule has 0 saturated heterocycles. The van der Waals surface area contributed by atoms with Crippen molar-refractivity contribution in [1.82, 2.24) is 8.75 Å². The number of rotatable bonds is 18. The smallest absolute Gasteiger partial charge is 0.342 e. The summed E-state index contributed by atoms with van der Waals surface area (Å²) in [6.45, 7) is 15.3. The third-order valence-corrected chi connectivity index (χ3v) is 9.82. The third kappa shape index (κ3) is 10.9. The van der Waals surface area contributed by atoms with Crippen LogP contribution in [0.1, 0.15) is 82.4 Å². The van der Waals surface area contributed by atoms with Gasteiger partial charge in [-0.05, 0) is 115 Å². The Balaban J connectivity index is 0.000000349. The van der Waals surface area contributed by atoms with Crippen LogP contribution in [0.3, 0.4) is 0 Å². The third-order valence-electron chi connectivity index (χ3n) is 9.27. The minimum absolute atomic E-state index is 0.00417. The number of aliphatic hydroxyl groups is 1. The summed E-state index contributed by atoms with van der Waals surface area (Å²) in [5.74, 6) is 0.886.